The van der Waals surface area contributed by atoms with Crippen molar-refractivity contribution in [2.75, 3.05) is 12.8 Å². The number of rotatable bonds is 5. The van der Waals surface area contributed by atoms with E-state index in [-0.39, 0.29) is 11.8 Å². The molecule has 1 saturated carbocycles. The lowest BCUT2D eigenvalue weighted by molar-refractivity contribution is 0.0733. The molecular weight excluding hydrogens is 282 g/mol. The first-order valence-corrected chi connectivity index (χ1v) is 8.94. The molecule has 0 saturated heterocycles. The van der Waals surface area contributed by atoms with Gasteiger partial charge in [0.15, 0.2) is 0 Å². The van der Waals surface area contributed by atoms with Crippen LogP contribution in [-0.2, 0) is 0 Å². The molecule has 1 aliphatic carbocycles. The van der Waals surface area contributed by atoms with E-state index in [9.17, 15) is 4.79 Å². The summed E-state index contributed by atoms with van der Waals surface area (Å²) < 4.78 is 0. The second-order valence-corrected chi connectivity index (χ2v) is 7.80. The standard InChI is InChI=1S/C16H27N3OS/c1-6-21-13-8-7-12(9-13)19(5)16(20)14-11(4)17-18-15(14)10(2)3/h10,12-13H,6-9H2,1-5H3,(H,17,18). The molecule has 4 nitrogen and oxygen atoms in total. The number of hydrogen-bond donors (Lipinski definition) is 1. The van der Waals surface area contributed by atoms with Crippen molar-refractivity contribution in [3.63, 3.8) is 0 Å². The van der Waals surface area contributed by atoms with E-state index in [0.717, 1.165) is 35.5 Å². The molecule has 1 heterocycles. The van der Waals surface area contributed by atoms with Crippen molar-refractivity contribution >= 4 is 17.7 Å². The average Bonchev–Trinajstić information content (AvgIpc) is 3.04. The molecule has 0 aromatic carbocycles. The number of hydrogen-bond acceptors (Lipinski definition) is 3. The highest BCUT2D eigenvalue weighted by Gasteiger charge is 2.32. The number of aryl methyl sites for hydroxylation is 1. The van der Waals surface area contributed by atoms with E-state index in [4.69, 9.17) is 0 Å². The highest BCUT2D eigenvalue weighted by molar-refractivity contribution is 7.99. The van der Waals surface area contributed by atoms with Crippen LogP contribution in [0.3, 0.4) is 0 Å². The molecule has 2 unspecified atom stereocenters. The van der Waals surface area contributed by atoms with Gasteiger partial charge in [-0.15, -0.1) is 0 Å². The van der Waals surface area contributed by atoms with Gasteiger partial charge in [-0.25, -0.2) is 0 Å². The number of aromatic amines is 1. The number of carbonyl (C=O) groups excluding carboxylic acids is 1. The van der Waals surface area contributed by atoms with Crippen molar-refractivity contribution < 1.29 is 4.79 Å². The Morgan fingerprint density at radius 3 is 2.81 bits per heavy atom. The number of nitrogens with one attached hydrogen (secondary N) is 1. The van der Waals surface area contributed by atoms with Crippen LogP contribution in [0, 0.1) is 6.92 Å². The van der Waals surface area contributed by atoms with Crippen LogP contribution < -0.4 is 0 Å². The molecule has 2 rings (SSSR count). The van der Waals surface area contributed by atoms with Gasteiger partial charge in [0, 0.05) is 24.0 Å². The van der Waals surface area contributed by atoms with E-state index < -0.39 is 0 Å². The molecule has 0 radical (unpaired) electrons. The SMILES string of the molecule is CCSC1CCC(N(C)C(=O)c2c(C(C)C)n[nH]c2C)C1. The fraction of sp³-hybridized carbons (Fsp3) is 0.750. The van der Waals surface area contributed by atoms with Crippen LogP contribution in [0.4, 0.5) is 0 Å². The predicted octanol–water partition coefficient (Wildman–Crippen LogP) is 3.59. The van der Waals surface area contributed by atoms with Crippen LogP contribution in [0.15, 0.2) is 0 Å². The molecule has 0 aliphatic heterocycles. The van der Waals surface area contributed by atoms with Crippen molar-refractivity contribution in [1.82, 2.24) is 15.1 Å². The van der Waals surface area contributed by atoms with Gasteiger partial charge in [0.2, 0.25) is 0 Å². The van der Waals surface area contributed by atoms with Gasteiger partial charge in [-0.3, -0.25) is 9.89 Å². The van der Waals surface area contributed by atoms with Crippen LogP contribution in [0.1, 0.15) is 67.7 Å². The zero-order valence-corrected chi connectivity index (χ0v) is 14.6. The Morgan fingerprint density at radius 1 is 1.48 bits per heavy atom. The minimum atomic E-state index is 0.122. The van der Waals surface area contributed by atoms with Gasteiger partial charge >= 0.3 is 0 Å². The highest BCUT2D eigenvalue weighted by atomic mass is 32.2. The van der Waals surface area contributed by atoms with Gasteiger partial charge < -0.3 is 4.90 Å². The summed E-state index contributed by atoms with van der Waals surface area (Å²) in [6.45, 7) is 8.30. The predicted molar refractivity (Wildman–Crippen MR) is 89.1 cm³/mol. The number of H-pyrrole nitrogens is 1. The van der Waals surface area contributed by atoms with Gasteiger partial charge in [-0.05, 0) is 37.9 Å². The summed E-state index contributed by atoms with van der Waals surface area (Å²) in [4.78, 5) is 14.8. The van der Waals surface area contributed by atoms with E-state index >= 15 is 0 Å². The lowest BCUT2D eigenvalue weighted by Gasteiger charge is -2.25. The first kappa shape index (κ1) is 16.4. The van der Waals surface area contributed by atoms with E-state index in [0.29, 0.717) is 11.3 Å². The topological polar surface area (TPSA) is 49.0 Å². The average molecular weight is 309 g/mol. The normalized spacial score (nSPS) is 22.0. The quantitative estimate of drug-likeness (QED) is 0.904. The molecule has 1 N–H and O–H groups in total. The van der Waals surface area contributed by atoms with Crippen molar-refractivity contribution in [2.45, 2.75) is 64.2 Å². The minimum absolute atomic E-state index is 0.122. The molecule has 1 aromatic heterocycles. The Balaban J connectivity index is 2.12. The summed E-state index contributed by atoms with van der Waals surface area (Å²) in [5.41, 5.74) is 2.55. The van der Waals surface area contributed by atoms with Crippen LogP contribution in [0.2, 0.25) is 0 Å². The summed E-state index contributed by atoms with van der Waals surface area (Å²) in [6, 6.07) is 0.371. The zero-order chi connectivity index (χ0) is 15.6. The molecule has 1 amide bonds. The van der Waals surface area contributed by atoms with E-state index in [2.05, 4.69) is 31.0 Å². The molecule has 1 aromatic rings. The maximum absolute atomic E-state index is 12.9. The van der Waals surface area contributed by atoms with Gasteiger partial charge in [-0.2, -0.15) is 16.9 Å². The highest BCUT2D eigenvalue weighted by Crippen LogP contribution is 2.33. The molecular formula is C16H27N3OS. The molecule has 118 valence electrons. The number of thioether (sulfide) groups is 1. The smallest absolute Gasteiger partial charge is 0.257 e. The van der Waals surface area contributed by atoms with Crippen molar-refractivity contribution in [3.8, 4) is 0 Å². The third-order valence-electron chi connectivity index (χ3n) is 4.36. The van der Waals surface area contributed by atoms with Crippen LogP contribution in [0.5, 0.6) is 0 Å². The minimum Gasteiger partial charge on any atom is -0.339 e. The van der Waals surface area contributed by atoms with Crippen LogP contribution >= 0.6 is 11.8 Å². The Hall–Kier alpha value is -0.970. The van der Waals surface area contributed by atoms with Gasteiger partial charge in [0.25, 0.3) is 5.91 Å². The summed E-state index contributed by atoms with van der Waals surface area (Å²) in [5, 5.41) is 8.00. The monoisotopic (exact) mass is 309 g/mol. The van der Waals surface area contributed by atoms with Crippen LogP contribution in [0.25, 0.3) is 0 Å². The van der Waals surface area contributed by atoms with Gasteiger partial charge in [-0.1, -0.05) is 20.8 Å². The number of carbonyl (C=O) groups is 1. The Bertz CT molecular complexity index is 498. The lowest BCUT2D eigenvalue weighted by Crippen LogP contribution is -2.36. The Morgan fingerprint density at radius 2 is 2.19 bits per heavy atom. The number of amides is 1. The van der Waals surface area contributed by atoms with Crippen molar-refractivity contribution in [1.29, 1.82) is 0 Å². The number of aromatic nitrogens is 2. The Kier molecular flexibility index (Phi) is 5.36. The molecule has 1 fully saturated rings. The van der Waals surface area contributed by atoms with Gasteiger partial charge in [0.05, 0.1) is 11.3 Å². The first-order chi connectivity index (χ1) is 9.95. The second-order valence-electron chi connectivity index (χ2n) is 6.22. The molecule has 5 heteroatoms. The molecule has 1 aliphatic rings. The van der Waals surface area contributed by atoms with E-state index in [1.807, 2.05) is 30.6 Å². The summed E-state index contributed by atoms with van der Waals surface area (Å²) in [7, 11) is 1.95. The lowest BCUT2D eigenvalue weighted by atomic mass is 10.0. The molecule has 2 atom stereocenters. The first-order valence-electron chi connectivity index (χ1n) is 7.89. The molecule has 21 heavy (non-hydrogen) atoms. The fourth-order valence-corrected chi connectivity index (χ4v) is 4.27. The van der Waals surface area contributed by atoms with E-state index in [1.54, 1.807) is 0 Å². The molecule has 0 spiro atoms. The fourth-order valence-electron chi connectivity index (χ4n) is 3.13. The second kappa shape index (κ2) is 6.86. The summed E-state index contributed by atoms with van der Waals surface area (Å²) >= 11 is 2.02. The number of nitrogens with zero attached hydrogens (tertiary/aromatic N) is 2. The van der Waals surface area contributed by atoms with Gasteiger partial charge in [0.1, 0.15) is 0 Å². The van der Waals surface area contributed by atoms with E-state index in [1.165, 1.54) is 6.42 Å². The zero-order valence-electron chi connectivity index (χ0n) is 13.8. The third kappa shape index (κ3) is 3.44. The largest absolute Gasteiger partial charge is 0.339 e. The third-order valence-corrected chi connectivity index (χ3v) is 5.60. The van der Waals surface area contributed by atoms with Crippen molar-refractivity contribution in [2.24, 2.45) is 0 Å². The summed E-state index contributed by atoms with van der Waals surface area (Å²) in [5.74, 6) is 1.54. The van der Waals surface area contributed by atoms with Crippen LogP contribution in [-0.4, -0.2) is 45.1 Å². The molecule has 0 bridgehead atoms. The maximum atomic E-state index is 12.9. The van der Waals surface area contributed by atoms with Crippen molar-refractivity contribution in [3.05, 3.63) is 17.0 Å². The maximum Gasteiger partial charge on any atom is 0.257 e. The summed E-state index contributed by atoms with van der Waals surface area (Å²) in [6.07, 6.45) is 3.46. The Labute approximate surface area is 132 Å².